The molecule has 0 saturated heterocycles. The molecule has 0 atom stereocenters. The van der Waals surface area contributed by atoms with Crippen molar-refractivity contribution in [1.29, 1.82) is 0 Å². The molecule has 5 nitrogen and oxygen atoms in total. The van der Waals surface area contributed by atoms with Gasteiger partial charge in [-0.2, -0.15) is 0 Å². The van der Waals surface area contributed by atoms with Crippen molar-refractivity contribution >= 4 is 18.5 Å². The van der Waals surface area contributed by atoms with E-state index in [1.54, 1.807) is 6.07 Å². The van der Waals surface area contributed by atoms with Gasteiger partial charge in [-0.1, -0.05) is 0 Å². The fourth-order valence-corrected chi connectivity index (χ4v) is 1.06. The molecule has 1 rings (SSSR count). The zero-order chi connectivity index (χ0) is 10.6. The van der Waals surface area contributed by atoms with Gasteiger partial charge in [0.2, 0.25) is 5.91 Å². The van der Waals surface area contributed by atoms with E-state index in [1.165, 1.54) is 6.26 Å². The van der Waals surface area contributed by atoms with Crippen molar-refractivity contribution in [3.63, 3.8) is 0 Å². The summed E-state index contributed by atoms with van der Waals surface area (Å²) in [6.07, 6.45) is 1.49. The minimum Gasteiger partial charge on any atom is -0.469 e. The van der Waals surface area contributed by atoms with E-state index < -0.39 is 11.8 Å². The second-order valence-electron chi connectivity index (χ2n) is 2.74. The van der Waals surface area contributed by atoms with Crippen LogP contribution in [0, 0.1) is 0 Å². The quantitative estimate of drug-likeness (QED) is 0.688. The summed E-state index contributed by atoms with van der Waals surface area (Å²) in [6, 6.07) is 1.61. The maximum Gasteiger partial charge on any atom is 0.252 e. The Morgan fingerprint density at radius 2 is 2.21 bits per heavy atom. The van der Waals surface area contributed by atoms with Gasteiger partial charge < -0.3 is 10.2 Å². The minimum absolute atomic E-state index is 0.0130. The van der Waals surface area contributed by atoms with Crippen LogP contribution >= 0.6 is 0 Å². The highest BCUT2D eigenvalue weighted by Gasteiger charge is 2.11. The number of amides is 2. The highest BCUT2D eigenvalue weighted by molar-refractivity contribution is 5.83. The monoisotopic (exact) mass is 194 g/mol. The molecule has 74 valence electrons. The number of carbonyl (C=O) groups excluding carboxylic acids is 2. The summed E-state index contributed by atoms with van der Waals surface area (Å²) in [6.45, 7) is 3.10. The number of carbonyl (C=O) groups is 2. The van der Waals surface area contributed by atoms with E-state index in [9.17, 15) is 9.59 Å². The number of nitrogens with zero attached hydrogens (tertiary/aromatic N) is 1. The third-order valence-corrected chi connectivity index (χ3v) is 1.69. The van der Waals surface area contributed by atoms with Gasteiger partial charge in [-0.15, -0.1) is 0 Å². The first kappa shape index (κ1) is 10.2. The highest BCUT2D eigenvalue weighted by Crippen LogP contribution is 2.12. The number of furan rings is 1. The molecule has 0 spiro atoms. The van der Waals surface area contributed by atoms with Crippen LogP contribution in [0.5, 0.6) is 0 Å². The normalized spacial score (nSPS) is 9.71. The first-order valence-corrected chi connectivity index (χ1v) is 3.96. The molecular formula is C9H10N2O3. The minimum atomic E-state index is -0.466. The lowest BCUT2D eigenvalue weighted by Crippen LogP contribution is -2.14. The summed E-state index contributed by atoms with van der Waals surface area (Å²) in [5.74, 6) is -0.446. The average molecular weight is 194 g/mol. The van der Waals surface area contributed by atoms with E-state index in [4.69, 9.17) is 10.2 Å². The predicted octanol–water partition coefficient (Wildman–Crippen LogP) is 0.0771. The van der Waals surface area contributed by atoms with E-state index >= 15 is 0 Å². The Kier molecular flexibility index (Phi) is 3.17. The standard InChI is InChI=1S/C9H10N2O3/c1-11-9(13)5-7-6(2-3-14-7)4-8(10)12/h2-3H,1,4-5H2,(H2,10,12). The molecule has 0 radical (unpaired) electrons. The number of hydrogen-bond acceptors (Lipinski definition) is 3. The average Bonchev–Trinajstić information content (AvgIpc) is 2.52. The third kappa shape index (κ3) is 2.55. The summed E-state index contributed by atoms with van der Waals surface area (Å²) < 4.78 is 5.02. The summed E-state index contributed by atoms with van der Waals surface area (Å²) in [7, 11) is 0. The van der Waals surface area contributed by atoms with E-state index in [0.717, 1.165) is 0 Å². The summed E-state index contributed by atoms with van der Waals surface area (Å²) in [5, 5.41) is 0. The van der Waals surface area contributed by atoms with Crippen molar-refractivity contribution in [1.82, 2.24) is 0 Å². The Balaban J connectivity index is 2.76. The van der Waals surface area contributed by atoms with Crippen LogP contribution in [-0.2, 0) is 22.4 Å². The second-order valence-corrected chi connectivity index (χ2v) is 2.74. The fourth-order valence-electron chi connectivity index (χ4n) is 1.06. The molecule has 0 aliphatic heterocycles. The zero-order valence-corrected chi connectivity index (χ0v) is 7.53. The van der Waals surface area contributed by atoms with Crippen LogP contribution in [0.4, 0.5) is 0 Å². The van der Waals surface area contributed by atoms with Crippen molar-refractivity contribution in [3.8, 4) is 0 Å². The zero-order valence-electron chi connectivity index (χ0n) is 7.53. The summed E-state index contributed by atoms with van der Waals surface area (Å²) in [5.41, 5.74) is 5.63. The maximum absolute atomic E-state index is 10.9. The van der Waals surface area contributed by atoms with Gasteiger partial charge in [0.15, 0.2) is 0 Å². The van der Waals surface area contributed by atoms with Crippen LogP contribution in [0.25, 0.3) is 0 Å². The van der Waals surface area contributed by atoms with Gasteiger partial charge in [0.1, 0.15) is 5.76 Å². The van der Waals surface area contributed by atoms with Crippen LogP contribution in [0.2, 0.25) is 0 Å². The molecule has 1 aromatic rings. The van der Waals surface area contributed by atoms with E-state index in [-0.39, 0.29) is 12.8 Å². The number of nitrogens with two attached hydrogens (primary N) is 1. The highest BCUT2D eigenvalue weighted by atomic mass is 16.3. The van der Waals surface area contributed by atoms with Gasteiger partial charge in [0.05, 0.1) is 19.1 Å². The van der Waals surface area contributed by atoms with E-state index in [0.29, 0.717) is 11.3 Å². The summed E-state index contributed by atoms with van der Waals surface area (Å²) >= 11 is 0. The Hall–Kier alpha value is -1.91. The van der Waals surface area contributed by atoms with Gasteiger partial charge in [0, 0.05) is 5.56 Å². The van der Waals surface area contributed by atoms with Crippen molar-refractivity contribution in [3.05, 3.63) is 23.7 Å². The molecule has 0 aromatic carbocycles. The lowest BCUT2D eigenvalue weighted by Gasteiger charge is -1.96. The number of aliphatic imine (C=N–C) groups is 1. The van der Waals surface area contributed by atoms with Crippen LogP contribution in [0.15, 0.2) is 21.7 Å². The van der Waals surface area contributed by atoms with Crippen LogP contribution in [0.3, 0.4) is 0 Å². The lowest BCUT2D eigenvalue weighted by atomic mass is 10.1. The maximum atomic E-state index is 10.9. The van der Waals surface area contributed by atoms with Crippen molar-refractivity contribution in [2.24, 2.45) is 10.7 Å². The second kappa shape index (κ2) is 4.36. The van der Waals surface area contributed by atoms with Gasteiger partial charge >= 0.3 is 0 Å². The molecule has 1 heterocycles. The predicted molar refractivity (Wildman–Crippen MR) is 49.9 cm³/mol. The van der Waals surface area contributed by atoms with Crippen LogP contribution in [-0.4, -0.2) is 18.5 Å². The lowest BCUT2D eigenvalue weighted by molar-refractivity contribution is -0.118. The fraction of sp³-hybridized carbons (Fsp3) is 0.222. The Morgan fingerprint density at radius 1 is 1.50 bits per heavy atom. The van der Waals surface area contributed by atoms with Gasteiger partial charge in [-0.3, -0.25) is 9.59 Å². The molecule has 0 unspecified atom stereocenters. The first-order valence-electron chi connectivity index (χ1n) is 3.96. The molecule has 1 aromatic heterocycles. The molecular weight excluding hydrogens is 184 g/mol. The van der Waals surface area contributed by atoms with E-state index in [1.807, 2.05) is 0 Å². The first-order chi connectivity index (χ1) is 6.63. The SMILES string of the molecule is C=NC(=O)Cc1occc1CC(N)=O. The molecule has 5 heteroatoms. The van der Waals surface area contributed by atoms with E-state index in [2.05, 4.69) is 11.7 Å². The Morgan fingerprint density at radius 3 is 2.79 bits per heavy atom. The van der Waals surface area contributed by atoms with Crippen molar-refractivity contribution in [2.45, 2.75) is 12.8 Å². The topological polar surface area (TPSA) is 85.7 Å². The molecule has 0 aliphatic carbocycles. The van der Waals surface area contributed by atoms with Gasteiger partial charge in [-0.25, -0.2) is 4.99 Å². The molecule has 2 amide bonds. The molecule has 2 N–H and O–H groups in total. The number of primary amides is 1. The third-order valence-electron chi connectivity index (χ3n) is 1.69. The largest absolute Gasteiger partial charge is 0.469 e. The smallest absolute Gasteiger partial charge is 0.252 e. The van der Waals surface area contributed by atoms with Crippen molar-refractivity contribution < 1.29 is 14.0 Å². The molecule has 0 saturated carbocycles. The molecule has 0 fully saturated rings. The molecule has 14 heavy (non-hydrogen) atoms. The van der Waals surface area contributed by atoms with Gasteiger partial charge in [-0.05, 0) is 12.8 Å². The number of hydrogen-bond donors (Lipinski definition) is 1. The van der Waals surface area contributed by atoms with Crippen LogP contribution in [0.1, 0.15) is 11.3 Å². The summed E-state index contributed by atoms with van der Waals surface area (Å²) in [4.78, 5) is 24.8. The van der Waals surface area contributed by atoms with Crippen LogP contribution < -0.4 is 5.73 Å². The molecule has 0 aliphatic rings. The molecule has 0 bridgehead atoms. The van der Waals surface area contributed by atoms with Gasteiger partial charge in [0.25, 0.3) is 5.91 Å². The Bertz CT molecular complexity index is 368. The number of rotatable bonds is 4. The van der Waals surface area contributed by atoms with Crippen molar-refractivity contribution in [2.75, 3.05) is 0 Å². The Labute approximate surface area is 80.6 Å².